The van der Waals surface area contributed by atoms with Crippen molar-refractivity contribution in [1.82, 2.24) is 0 Å². The Hall–Kier alpha value is -2.24. The molecule has 106 valence electrons. The van der Waals surface area contributed by atoms with Crippen molar-refractivity contribution in [1.29, 1.82) is 0 Å². The van der Waals surface area contributed by atoms with Gasteiger partial charge in [-0.2, -0.15) is 13.2 Å². The lowest BCUT2D eigenvalue weighted by molar-refractivity contribution is -0.137. The molecule has 2 nitrogen and oxygen atoms in total. The largest absolute Gasteiger partial charge is 0.487 e. The monoisotopic (exact) mass is 285 g/mol. The molecular weight excluding hydrogens is 274 g/mol. The van der Waals surface area contributed by atoms with Crippen LogP contribution in [0.25, 0.3) is 0 Å². The Labute approximate surface area is 112 Å². The highest BCUT2D eigenvalue weighted by Crippen LogP contribution is 2.30. The van der Waals surface area contributed by atoms with Gasteiger partial charge in [0.25, 0.3) is 0 Å². The molecule has 2 aromatic carbocycles. The van der Waals surface area contributed by atoms with E-state index in [4.69, 9.17) is 10.5 Å². The van der Waals surface area contributed by atoms with Crippen LogP contribution in [0.15, 0.2) is 42.5 Å². The smallest absolute Gasteiger partial charge is 0.416 e. The second kappa shape index (κ2) is 5.40. The molecular formula is C14H11F4NO. The Kier molecular flexibility index (Phi) is 3.83. The summed E-state index contributed by atoms with van der Waals surface area (Å²) in [4.78, 5) is 0. The molecule has 0 heterocycles. The van der Waals surface area contributed by atoms with Crippen LogP contribution >= 0.6 is 0 Å². The summed E-state index contributed by atoms with van der Waals surface area (Å²) in [5.74, 6) is -0.280. The minimum atomic E-state index is -4.40. The average Bonchev–Trinajstić information content (AvgIpc) is 2.37. The molecule has 0 saturated heterocycles. The summed E-state index contributed by atoms with van der Waals surface area (Å²) < 4.78 is 55.7. The van der Waals surface area contributed by atoms with Crippen LogP contribution in [0.2, 0.25) is 0 Å². The molecule has 2 rings (SSSR count). The zero-order valence-corrected chi connectivity index (χ0v) is 10.2. The van der Waals surface area contributed by atoms with E-state index in [1.165, 1.54) is 18.2 Å². The second-order valence-electron chi connectivity index (χ2n) is 4.17. The number of nitrogen functional groups attached to an aromatic ring is 1. The molecule has 0 aliphatic rings. The Morgan fingerprint density at radius 3 is 2.45 bits per heavy atom. The topological polar surface area (TPSA) is 35.2 Å². The highest BCUT2D eigenvalue weighted by molar-refractivity contribution is 5.52. The molecule has 0 bridgehead atoms. The van der Waals surface area contributed by atoms with E-state index in [0.717, 1.165) is 24.3 Å². The van der Waals surface area contributed by atoms with Gasteiger partial charge in [0.15, 0.2) is 0 Å². The van der Waals surface area contributed by atoms with Gasteiger partial charge in [-0.1, -0.05) is 12.1 Å². The van der Waals surface area contributed by atoms with E-state index < -0.39 is 17.6 Å². The van der Waals surface area contributed by atoms with Crippen LogP contribution in [0.3, 0.4) is 0 Å². The van der Waals surface area contributed by atoms with Gasteiger partial charge in [0.2, 0.25) is 0 Å². The van der Waals surface area contributed by atoms with Gasteiger partial charge in [0.1, 0.15) is 18.2 Å². The molecule has 2 aromatic rings. The van der Waals surface area contributed by atoms with Gasteiger partial charge < -0.3 is 10.5 Å². The molecule has 20 heavy (non-hydrogen) atoms. The normalized spacial score (nSPS) is 11.4. The van der Waals surface area contributed by atoms with Crippen molar-refractivity contribution in [3.8, 4) is 5.75 Å². The van der Waals surface area contributed by atoms with Gasteiger partial charge in [0.05, 0.1) is 11.3 Å². The van der Waals surface area contributed by atoms with Crippen molar-refractivity contribution in [2.24, 2.45) is 0 Å². The van der Waals surface area contributed by atoms with Gasteiger partial charge in [-0.25, -0.2) is 4.39 Å². The zero-order valence-electron chi connectivity index (χ0n) is 10.2. The fraction of sp³-hybridized carbons (Fsp3) is 0.143. The van der Waals surface area contributed by atoms with E-state index in [9.17, 15) is 17.6 Å². The summed E-state index contributed by atoms with van der Waals surface area (Å²) in [6.45, 7) is -0.0836. The van der Waals surface area contributed by atoms with Gasteiger partial charge in [0, 0.05) is 6.07 Å². The van der Waals surface area contributed by atoms with Crippen molar-refractivity contribution >= 4 is 5.69 Å². The molecule has 0 aromatic heterocycles. The summed E-state index contributed by atoms with van der Waals surface area (Å²) >= 11 is 0. The van der Waals surface area contributed by atoms with Gasteiger partial charge in [-0.15, -0.1) is 0 Å². The van der Waals surface area contributed by atoms with E-state index in [2.05, 4.69) is 0 Å². The van der Waals surface area contributed by atoms with Crippen LogP contribution in [0.4, 0.5) is 23.2 Å². The summed E-state index contributed by atoms with van der Waals surface area (Å²) in [5, 5.41) is 0. The van der Waals surface area contributed by atoms with Crippen molar-refractivity contribution in [2.75, 3.05) is 5.73 Å². The quantitative estimate of drug-likeness (QED) is 0.683. The van der Waals surface area contributed by atoms with Gasteiger partial charge >= 0.3 is 6.18 Å². The number of benzene rings is 2. The minimum absolute atomic E-state index is 0.0836. The van der Waals surface area contributed by atoms with Crippen LogP contribution in [-0.2, 0) is 12.8 Å². The lowest BCUT2D eigenvalue weighted by Gasteiger charge is -2.11. The maximum Gasteiger partial charge on any atom is 0.416 e. The highest BCUT2D eigenvalue weighted by atomic mass is 19.4. The zero-order chi connectivity index (χ0) is 14.8. The molecule has 0 fully saturated rings. The lowest BCUT2D eigenvalue weighted by Crippen LogP contribution is -2.06. The first-order chi connectivity index (χ1) is 9.36. The molecule has 0 aliphatic carbocycles. The number of alkyl halides is 3. The predicted octanol–water partition coefficient (Wildman–Crippen LogP) is 4.01. The van der Waals surface area contributed by atoms with Crippen LogP contribution < -0.4 is 10.5 Å². The van der Waals surface area contributed by atoms with E-state index in [1.807, 2.05) is 0 Å². The number of ether oxygens (including phenoxy) is 1. The molecule has 0 spiro atoms. The van der Waals surface area contributed by atoms with Crippen LogP contribution in [0, 0.1) is 5.82 Å². The third-order valence-corrected chi connectivity index (χ3v) is 2.62. The number of hydrogen-bond donors (Lipinski definition) is 1. The van der Waals surface area contributed by atoms with Crippen molar-refractivity contribution < 1.29 is 22.3 Å². The number of anilines is 1. The number of halogens is 4. The molecule has 0 aliphatic heterocycles. The third kappa shape index (κ3) is 3.40. The summed E-state index contributed by atoms with van der Waals surface area (Å²) in [6.07, 6.45) is -4.40. The van der Waals surface area contributed by atoms with Gasteiger partial charge in [-0.3, -0.25) is 0 Å². The van der Waals surface area contributed by atoms with E-state index in [1.54, 1.807) is 0 Å². The molecule has 2 N–H and O–H groups in total. The van der Waals surface area contributed by atoms with E-state index in [0.29, 0.717) is 5.56 Å². The summed E-state index contributed by atoms with van der Waals surface area (Å²) in [7, 11) is 0. The molecule has 0 atom stereocenters. The van der Waals surface area contributed by atoms with Crippen LogP contribution in [0.1, 0.15) is 11.1 Å². The van der Waals surface area contributed by atoms with Crippen molar-refractivity contribution in [2.45, 2.75) is 12.8 Å². The second-order valence-corrected chi connectivity index (χ2v) is 4.17. The Bertz CT molecular complexity index is 610. The Morgan fingerprint density at radius 1 is 1.05 bits per heavy atom. The predicted molar refractivity (Wildman–Crippen MR) is 66.6 cm³/mol. The first kappa shape index (κ1) is 14.2. The molecule has 0 amide bonds. The Balaban J connectivity index is 2.11. The Morgan fingerprint density at radius 2 is 1.80 bits per heavy atom. The lowest BCUT2D eigenvalue weighted by atomic mass is 10.1. The average molecular weight is 285 g/mol. The standard InChI is InChI=1S/C14H11F4NO/c15-11-4-5-13(12(19)7-11)20-8-9-2-1-3-10(6-9)14(16,17)18/h1-7H,8,19H2. The fourth-order valence-electron chi connectivity index (χ4n) is 1.65. The SMILES string of the molecule is Nc1cc(F)ccc1OCc1cccc(C(F)(F)F)c1. The number of hydrogen-bond acceptors (Lipinski definition) is 2. The highest BCUT2D eigenvalue weighted by Gasteiger charge is 2.30. The molecule has 0 radical (unpaired) electrons. The van der Waals surface area contributed by atoms with E-state index in [-0.39, 0.29) is 18.0 Å². The van der Waals surface area contributed by atoms with Crippen LogP contribution in [-0.4, -0.2) is 0 Å². The molecule has 0 saturated carbocycles. The maximum absolute atomic E-state index is 12.8. The summed E-state index contributed by atoms with van der Waals surface area (Å²) in [6, 6.07) is 8.37. The van der Waals surface area contributed by atoms with Crippen LogP contribution in [0.5, 0.6) is 5.75 Å². The third-order valence-electron chi connectivity index (χ3n) is 2.62. The maximum atomic E-state index is 12.8. The molecule has 6 heteroatoms. The number of rotatable bonds is 3. The van der Waals surface area contributed by atoms with Gasteiger partial charge in [-0.05, 0) is 29.8 Å². The molecule has 0 unspecified atom stereocenters. The number of nitrogens with two attached hydrogens (primary N) is 1. The first-order valence-corrected chi connectivity index (χ1v) is 5.70. The van der Waals surface area contributed by atoms with Crippen molar-refractivity contribution in [3.05, 3.63) is 59.4 Å². The van der Waals surface area contributed by atoms with E-state index >= 15 is 0 Å². The first-order valence-electron chi connectivity index (χ1n) is 5.70. The van der Waals surface area contributed by atoms with Crippen molar-refractivity contribution in [3.63, 3.8) is 0 Å². The minimum Gasteiger partial charge on any atom is -0.487 e. The summed E-state index contributed by atoms with van der Waals surface area (Å²) in [5.41, 5.74) is 5.24. The fourth-order valence-corrected chi connectivity index (χ4v) is 1.65.